The highest BCUT2D eigenvalue weighted by Gasteiger charge is 2.56. The van der Waals surface area contributed by atoms with Crippen molar-refractivity contribution in [2.45, 2.75) is 82.0 Å². The summed E-state index contributed by atoms with van der Waals surface area (Å²) in [6.45, 7) is 3.91. The average molecular weight is 510 g/mol. The van der Waals surface area contributed by atoms with Gasteiger partial charge in [-0.25, -0.2) is 0 Å². The van der Waals surface area contributed by atoms with Gasteiger partial charge in [-0.05, 0) is 43.2 Å². The van der Waals surface area contributed by atoms with E-state index in [1.807, 2.05) is 32.0 Å². The first-order valence-corrected chi connectivity index (χ1v) is 12.9. The number of hydrogen-bond donors (Lipinski definition) is 3. The third-order valence-electron chi connectivity index (χ3n) is 7.89. The molecule has 2 aliphatic heterocycles. The number of likely N-dealkylation sites (N-methyl/N-ethyl adjacent to an activating group) is 1. The molecular formula is C27H35N5O5. The van der Waals surface area contributed by atoms with Crippen molar-refractivity contribution in [3.63, 3.8) is 0 Å². The first-order chi connectivity index (χ1) is 17.6. The van der Waals surface area contributed by atoms with Crippen LogP contribution in [0.4, 0.5) is 5.69 Å². The Kier molecular flexibility index (Phi) is 7.55. The van der Waals surface area contributed by atoms with Gasteiger partial charge in [0.1, 0.15) is 18.5 Å². The number of likely N-dealkylation sites (tertiary alicyclic amines) is 1. The van der Waals surface area contributed by atoms with E-state index in [2.05, 4.69) is 16.7 Å². The number of nitrogens with zero attached hydrogens (tertiary/aromatic N) is 3. The Hall–Kier alpha value is -3.45. The van der Waals surface area contributed by atoms with Crippen LogP contribution in [0.2, 0.25) is 0 Å². The van der Waals surface area contributed by atoms with Gasteiger partial charge in [-0.1, -0.05) is 32.0 Å². The zero-order chi connectivity index (χ0) is 26.9. The zero-order valence-electron chi connectivity index (χ0n) is 21.6. The quantitative estimate of drug-likeness (QED) is 0.473. The molecular weight excluding hydrogens is 474 g/mol. The number of benzene rings is 1. The van der Waals surface area contributed by atoms with E-state index in [0.29, 0.717) is 24.9 Å². The molecule has 2 heterocycles. The van der Waals surface area contributed by atoms with E-state index in [4.69, 9.17) is 0 Å². The molecule has 1 aliphatic carbocycles. The summed E-state index contributed by atoms with van der Waals surface area (Å²) >= 11 is 0. The van der Waals surface area contributed by atoms with Gasteiger partial charge in [-0.15, -0.1) is 0 Å². The largest absolute Gasteiger partial charge is 0.391 e. The van der Waals surface area contributed by atoms with Crippen LogP contribution >= 0.6 is 0 Å². The predicted molar refractivity (Wildman–Crippen MR) is 135 cm³/mol. The molecule has 0 bridgehead atoms. The summed E-state index contributed by atoms with van der Waals surface area (Å²) < 4.78 is 0. The molecule has 1 saturated heterocycles. The highest BCUT2D eigenvalue weighted by Crippen LogP contribution is 2.46. The van der Waals surface area contributed by atoms with Crippen LogP contribution in [0.15, 0.2) is 24.3 Å². The Morgan fingerprint density at radius 2 is 2.03 bits per heavy atom. The van der Waals surface area contributed by atoms with Crippen LogP contribution in [0.25, 0.3) is 0 Å². The van der Waals surface area contributed by atoms with Gasteiger partial charge < -0.3 is 25.5 Å². The minimum Gasteiger partial charge on any atom is -0.391 e. The molecule has 2 fully saturated rings. The van der Waals surface area contributed by atoms with Gasteiger partial charge >= 0.3 is 0 Å². The standard InChI is InChI=1S/C27H35N5O5/c1-16(2)11-21(31(3)24(35)12-23(34)29-20-9-6-10-22(20)33)25(36)32-15-27(13-17(32)14-28)18-7-4-5-8-19(18)30-26(27)37/h4-5,7-8,16-17,20-22,33H,6,9-13,15H2,1-3H3,(H,29,34)(H,30,37)/t17-,20+,21-,22+,27-/m0/s1. The van der Waals surface area contributed by atoms with Crippen LogP contribution in [0.5, 0.6) is 0 Å². The number of nitrogens with one attached hydrogen (secondary N) is 2. The summed E-state index contributed by atoms with van der Waals surface area (Å²) in [6, 6.07) is 7.41. The van der Waals surface area contributed by atoms with E-state index in [1.54, 1.807) is 6.07 Å². The number of carbonyl (C=O) groups excluding carboxylic acids is 4. The van der Waals surface area contributed by atoms with E-state index in [9.17, 15) is 29.5 Å². The molecule has 0 radical (unpaired) electrons. The van der Waals surface area contributed by atoms with Crippen molar-refractivity contribution < 1.29 is 24.3 Å². The van der Waals surface area contributed by atoms with E-state index in [0.717, 1.165) is 12.0 Å². The molecule has 5 atom stereocenters. The lowest BCUT2D eigenvalue weighted by atomic mass is 9.80. The third kappa shape index (κ3) is 5.05. The maximum atomic E-state index is 13.9. The number of para-hydroxylation sites is 1. The van der Waals surface area contributed by atoms with Gasteiger partial charge in [0.15, 0.2) is 0 Å². The Morgan fingerprint density at radius 3 is 2.68 bits per heavy atom. The van der Waals surface area contributed by atoms with Crippen molar-refractivity contribution in [1.82, 2.24) is 15.1 Å². The number of aliphatic hydroxyl groups excluding tert-OH is 1. The van der Waals surface area contributed by atoms with E-state index >= 15 is 0 Å². The lowest BCUT2D eigenvalue weighted by Gasteiger charge is -2.33. The van der Waals surface area contributed by atoms with Crippen LogP contribution < -0.4 is 10.6 Å². The fourth-order valence-electron chi connectivity index (χ4n) is 5.85. The number of amides is 4. The molecule has 3 N–H and O–H groups in total. The zero-order valence-corrected chi connectivity index (χ0v) is 21.6. The van der Waals surface area contributed by atoms with E-state index < -0.39 is 47.7 Å². The van der Waals surface area contributed by atoms with E-state index in [1.165, 1.54) is 16.8 Å². The fraction of sp³-hybridized carbons (Fsp3) is 0.593. The average Bonchev–Trinajstić information content (AvgIpc) is 3.53. The second-order valence-electron chi connectivity index (χ2n) is 10.9. The summed E-state index contributed by atoms with van der Waals surface area (Å²) in [4.78, 5) is 55.2. The van der Waals surface area contributed by atoms with Gasteiger partial charge in [-0.3, -0.25) is 19.2 Å². The topological polar surface area (TPSA) is 143 Å². The molecule has 1 aromatic rings. The van der Waals surface area contributed by atoms with Crippen molar-refractivity contribution in [2.75, 3.05) is 18.9 Å². The smallest absolute Gasteiger partial charge is 0.246 e. The molecule has 0 unspecified atom stereocenters. The fourth-order valence-corrected chi connectivity index (χ4v) is 5.85. The second-order valence-corrected chi connectivity index (χ2v) is 10.9. The van der Waals surface area contributed by atoms with Gasteiger partial charge in [0.2, 0.25) is 23.6 Å². The van der Waals surface area contributed by atoms with Crippen molar-refractivity contribution >= 4 is 29.3 Å². The molecule has 1 aromatic carbocycles. The Bertz CT molecular complexity index is 1130. The summed E-state index contributed by atoms with van der Waals surface area (Å²) in [5.41, 5.74) is 0.439. The van der Waals surface area contributed by atoms with Crippen LogP contribution in [-0.2, 0) is 24.6 Å². The van der Waals surface area contributed by atoms with E-state index in [-0.39, 0.29) is 30.8 Å². The molecule has 37 heavy (non-hydrogen) atoms. The first kappa shape index (κ1) is 26.6. The van der Waals surface area contributed by atoms with Crippen LogP contribution in [-0.4, -0.2) is 76.4 Å². The summed E-state index contributed by atoms with van der Waals surface area (Å²) in [6.07, 6.45) is 1.55. The highest BCUT2D eigenvalue weighted by atomic mass is 16.3. The highest BCUT2D eigenvalue weighted by molar-refractivity contribution is 6.07. The maximum absolute atomic E-state index is 13.9. The van der Waals surface area contributed by atoms with Crippen LogP contribution in [0.1, 0.15) is 57.9 Å². The summed E-state index contributed by atoms with van der Waals surface area (Å²) in [7, 11) is 1.50. The number of aliphatic hydroxyl groups is 1. The molecule has 0 aromatic heterocycles. The molecule has 198 valence electrons. The maximum Gasteiger partial charge on any atom is 0.246 e. The number of nitriles is 1. The van der Waals surface area contributed by atoms with Crippen molar-refractivity contribution in [2.24, 2.45) is 5.92 Å². The minimum absolute atomic E-state index is 0.0452. The Balaban J connectivity index is 1.52. The predicted octanol–water partition coefficient (Wildman–Crippen LogP) is 1.29. The number of rotatable bonds is 7. The normalized spacial score (nSPS) is 27.1. The third-order valence-corrected chi connectivity index (χ3v) is 7.89. The molecule has 1 saturated carbocycles. The van der Waals surface area contributed by atoms with Crippen molar-refractivity contribution in [3.8, 4) is 6.07 Å². The molecule has 4 amide bonds. The monoisotopic (exact) mass is 509 g/mol. The van der Waals surface area contributed by atoms with Gasteiger partial charge in [0.25, 0.3) is 0 Å². The van der Waals surface area contributed by atoms with Crippen LogP contribution in [0, 0.1) is 17.2 Å². The number of hydrogen-bond acceptors (Lipinski definition) is 6. The van der Waals surface area contributed by atoms with Crippen molar-refractivity contribution in [3.05, 3.63) is 29.8 Å². The Morgan fingerprint density at radius 1 is 1.30 bits per heavy atom. The van der Waals surface area contributed by atoms with Gasteiger partial charge in [0.05, 0.1) is 23.6 Å². The number of fused-ring (bicyclic) bond motifs is 2. The van der Waals surface area contributed by atoms with Gasteiger partial charge in [-0.2, -0.15) is 5.26 Å². The molecule has 10 heteroatoms. The summed E-state index contributed by atoms with van der Waals surface area (Å²) in [5.74, 6) is -1.60. The molecule has 1 spiro atoms. The molecule has 3 aliphatic rings. The van der Waals surface area contributed by atoms with Gasteiger partial charge in [0, 0.05) is 25.7 Å². The molecule has 4 rings (SSSR count). The Labute approximate surface area is 217 Å². The SMILES string of the molecule is CC(C)C[C@@H](C(=O)N1C[C@]2(C[C@H]1C#N)C(=O)Nc1ccccc12)N(C)C(=O)CC(=O)N[C@@H]1CCC[C@H]1O. The van der Waals surface area contributed by atoms with Crippen LogP contribution in [0.3, 0.4) is 0 Å². The lowest BCUT2D eigenvalue weighted by molar-refractivity contribution is -0.147. The minimum atomic E-state index is -1.01. The second kappa shape index (κ2) is 10.5. The van der Waals surface area contributed by atoms with Crippen molar-refractivity contribution in [1.29, 1.82) is 5.26 Å². The number of anilines is 1. The lowest BCUT2D eigenvalue weighted by Crippen LogP contribution is -2.52. The number of carbonyl (C=O) groups is 4. The summed E-state index contributed by atoms with van der Waals surface area (Å²) in [5, 5.41) is 25.5. The first-order valence-electron chi connectivity index (χ1n) is 12.9. The molecule has 10 nitrogen and oxygen atoms in total.